The fourth-order valence-electron chi connectivity index (χ4n) is 2.00. The van der Waals surface area contributed by atoms with Crippen LogP contribution in [0, 0.1) is 11.3 Å². The Kier molecular flexibility index (Phi) is 7.89. The number of nitrogens with one attached hydrogen (secondary N) is 2. The number of guanidine groups is 1. The van der Waals surface area contributed by atoms with E-state index >= 15 is 0 Å². The molecule has 5 nitrogen and oxygen atoms in total. The average molecular weight is 339 g/mol. The SMILES string of the molecule is CC.COc1c(Cl)cccc1C(=N)C(C)CN=C(N)NC1CC1. The predicted octanol–water partition coefficient (Wildman–Crippen LogP) is 3.45. The monoisotopic (exact) mass is 338 g/mol. The van der Waals surface area contributed by atoms with Crippen LogP contribution in [0.1, 0.15) is 39.2 Å². The van der Waals surface area contributed by atoms with Gasteiger partial charge in [-0.25, -0.2) is 0 Å². The van der Waals surface area contributed by atoms with E-state index in [1.165, 1.54) is 0 Å². The Morgan fingerprint density at radius 2 is 2.13 bits per heavy atom. The van der Waals surface area contributed by atoms with Crippen LogP contribution in [-0.4, -0.2) is 31.4 Å². The molecule has 1 atom stereocenters. The molecule has 0 amide bonds. The maximum atomic E-state index is 8.31. The number of halogens is 1. The Morgan fingerprint density at radius 1 is 1.48 bits per heavy atom. The standard InChI is InChI=1S/C15H21ClN4O.C2H6/c1-9(8-19-15(18)20-10-6-7-10)13(17)11-4-3-5-12(16)14(11)21-2;1-2/h3-5,9-10,17H,6-8H2,1-2H3,(H3,18,19,20);1-2H3. The third kappa shape index (κ3) is 5.75. The van der Waals surface area contributed by atoms with E-state index in [4.69, 9.17) is 27.5 Å². The van der Waals surface area contributed by atoms with Crippen LogP contribution in [0.5, 0.6) is 5.75 Å². The predicted molar refractivity (Wildman–Crippen MR) is 98.0 cm³/mol. The minimum absolute atomic E-state index is 0.0723. The van der Waals surface area contributed by atoms with Crippen molar-refractivity contribution in [2.24, 2.45) is 16.6 Å². The zero-order valence-corrected chi connectivity index (χ0v) is 15.1. The number of hydrogen-bond acceptors (Lipinski definition) is 3. The molecular weight excluding hydrogens is 312 g/mol. The molecule has 0 aliphatic heterocycles. The molecule has 1 saturated carbocycles. The van der Waals surface area contributed by atoms with Gasteiger partial charge in [0.05, 0.1) is 18.7 Å². The summed E-state index contributed by atoms with van der Waals surface area (Å²) in [5.74, 6) is 0.913. The van der Waals surface area contributed by atoms with Crippen molar-refractivity contribution in [3.63, 3.8) is 0 Å². The van der Waals surface area contributed by atoms with Crippen molar-refractivity contribution in [2.45, 2.75) is 39.7 Å². The molecule has 0 aromatic heterocycles. The van der Waals surface area contributed by atoms with Gasteiger partial charge in [0.1, 0.15) is 5.75 Å². The third-order valence-electron chi connectivity index (χ3n) is 3.42. The summed E-state index contributed by atoms with van der Waals surface area (Å²) in [4.78, 5) is 4.30. The van der Waals surface area contributed by atoms with Crippen LogP contribution in [0.2, 0.25) is 5.02 Å². The Balaban J connectivity index is 0.00000127. The van der Waals surface area contributed by atoms with Crippen molar-refractivity contribution in [1.82, 2.24) is 5.32 Å². The van der Waals surface area contributed by atoms with Crippen LogP contribution in [-0.2, 0) is 0 Å². The lowest BCUT2D eigenvalue weighted by Gasteiger charge is -2.15. The Morgan fingerprint density at radius 3 is 2.70 bits per heavy atom. The fourth-order valence-corrected chi connectivity index (χ4v) is 2.25. The molecule has 23 heavy (non-hydrogen) atoms. The van der Waals surface area contributed by atoms with Crippen molar-refractivity contribution in [3.05, 3.63) is 28.8 Å². The van der Waals surface area contributed by atoms with Crippen LogP contribution in [0.4, 0.5) is 0 Å². The molecule has 0 bridgehead atoms. The first-order valence-electron chi connectivity index (χ1n) is 8.00. The van der Waals surface area contributed by atoms with Gasteiger partial charge in [-0.05, 0) is 25.0 Å². The first-order valence-corrected chi connectivity index (χ1v) is 8.38. The van der Waals surface area contributed by atoms with E-state index in [1.807, 2.05) is 32.9 Å². The van der Waals surface area contributed by atoms with Gasteiger partial charge in [-0.1, -0.05) is 38.4 Å². The molecular formula is C17H27ClN4O. The summed E-state index contributed by atoms with van der Waals surface area (Å²) in [6, 6.07) is 5.88. The Labute approximate surface area is 143 Å². The molecule has 1 aliphatic carbocycles. The van der Waals surface area contributed by atoms with Gasteiger partial charge in [0.2, 0.25) is 0 Å². The minimum Gasteiger partial charge on any atom is -0.494 e. The van der Waals surface area contributed by atoms with E-state index in [0.717, 1.165) is 12.8 Å². The summed E-state index contributed by atoms with van der Waals surface area (Å²) in [6.45, 7) is 6.40. The van der Waals surface area contributed by atoms with Gasteiger partial charge in [0.15, 0.2) is 5.96 Å². The fraction of sp³-hybridized carbons (Fsp3) is 0.529. The van der Waals surface area contributed by atoms with Crippen molar-refractivity contribution >= 4 is 23.3 Å². The second-order valence-electron chi connectivity index (χ2n) is 5.28. The molecule has 1 fully saturated rings. The number of benzene rings is 1. The first-order chi connectivity index (χ1) is 11.0. The van der Waals surface area contributed by atoms with E-state index in [0.29, 0.717) is 40.6 Å². The minimum atomic E-state index is -0.0723. The van der Waals surface area contributed by atoms with Gasteiger partial charge in [0.25, 0.3) is 0 Å². The molecule has 128 valence electrons. The summed E-state index contributed by atoms with van der Waals surface area (Å²) < 4.78 is 5.29. The summed E-state index contributed by atoms with van der Waals surface area (Å²) in [7, 11) is 1.55. The van der Waals surface area contributed by atoms with Crippen molar-refractivity contribution in [3.8, 4) is 5.75 Å². The highest BCUT2D eigenvalue weighted by atomic mass is 35.5. The number of nitrogens with two attached hydrogens (primary N) is 1. The second kappa shape index (κ2) is 9.40. The molecule has 0 heterocycles. The van der Waals surface area contributed by atoms with Gasteiger partial charge in [-0.3, -0.25) is 4.99 Å². The van der Waals surface area contributed by atoms with Gasteiger partial charge < -0.3 is 21.2 Å². The Hall–Kier alpha value is -1.75. The lowest BCUT2D eigenvalue weighted by Crippen LogP contribution is -2.34. The number of nitrogens with zero attached hydrogens (tertiary/aromatic N) is 1. The summed E-state index contributed by atoms with van der Waals surface area (Å²) in [5, 5.41) is 11.9. The highest BCUT2D eigenvalue weighted by Gasteiger charge is 2.22. The van der Waals surface area contributed by atoms with E-state index in [1.54, 1.807) is 13.2 Å². The highest BCUT2D eigenvalue weighted by Crippen LogP contribution is 2.30. The van der Waals surface area contributed by atoms with E-state index in [2.05, 4.69) is 10.3 Å². The first kappa shape index (κ1) is 19.3. The molecule has 1 aliphatic rings. The molecule has 1 aromatic carbocycles. The normalized spacial score (nSPS) is 15.3. The molecule has 2 rings (SSSR count). The summed E-state index contributed by atoms with van der Waals surface area (Å²) in [5.41, 5.74) is 6.94. The number of rotatable bonds is 6. The molecule has 4 N–H and O–H groups in total. The molecule has 1 aromatic rings. The van der Waals surface area contributed by atoms with Gasteiger partial charge >= 0.3 is 0 Å². The van der Waals surface area contributed by atoms with Crippen molar-refractivity contribution < 1.29 is 4.74 Å². The number of hydrogen-bond donors (Lipinski definition) is 3. The van der Waals surface area contributed by atoms with Gasteiger partial charge in [0, 0.05) is 23.2 Å². The average Bonchev–Trinajstić information content (AvgIpc) is 3.37. The molecule has 0 spiro atoms. The molecule has 6 heteroatoms. The largest absolute Gasteiger partial charge is 0.494 e. The van der Waals surface area contributed by atoms with Crippen LogP contribution < -0.4 is 15.8 Å². The van der Waals surface area contributed by atoms with Crippen LogP contribution in [0.15, 0.2) is 23.2 Å². The van der Waals surface area contributed by atoms with Crippen molar-refractivity contribution in [1.29, 1.82) is 5.41 Å². The van der Waals surface area contributed by atoms with E-state index < -0.39 is 0 Å². The van der Waals surface area contributed by atoms with E-state index in [-0.39, 0.29) is 5.92 Å². The van der Waals surface area contributed by atoms with E-state index in [9.17, 15) is 0 Å². The molecule has 1 unspecified atom stereocenters. The maximum absolute atomic E-state index is 8.31. The number of aliphatic imine (C=N–C) groups is 1. The topological polar surface area (TPSA) is 83.5 Å². The van der Waals surface area contributed by atoms with Crippen molar-refractivity contribution in [2.75, 3.05) is 13.7 Å². The summed E-state index contributed by atoms with van der Waals surface area (Å²) in [6.07, 6.45) is 2.31. The summed E-state index contributed by atoms with van der Waals surface area (Å²) >= 11 is 6.09. The van der Waals surface area contributed by atoms with Gasteiger partial charge in [-0.15, -0.1) is 0 Å². The smallest absolute Gasteiger partial charge is 0.188 e. The quantitative estimate of drug-likeness (QED) is 0.548. The van der Waals surface area contributed by atoms with Crippen LogP contribution in [0.25, 0.3) is 0 Å². The van der Waals surface area contributed by atoms with Gasteiger partial charge in [-0.2, -0.15) is 0 Å². The highest BCUT2D eigenvalue weighted by molar-refractivity contribution is 6.32. The zero-order valence-electron chi connectivity index (χ0n) is 14.3. The van der Waals surface area contributed by atoms with Crippen LogP contribution >= 0.6 is 11.6 Å². The number of para-hydroxylation sites is 1. The zero-order chi connectivity index (χ0) is 17.4. The maximum Gasteiger partial charge on any atom is 0.188 e. The Bertz CT molecular complexity index is 556. The number of methoxy groups -OCH3 is 1. The molecule has 0 radical (unpaired) electrons. The lowest BCUT2D eigenvalue weighted by molar-refractivity contribution is 0.413. The molecule has 0 saturated heterocycles. The third-order valence-corrected chi connectivity index (χ3v) is 3.72. The number of ether oxygens (including phenoxy) is 1. The van der Waals surface area contributed by atoms with Crippen LogP contribution in [0.3, 0.4) is 0 Å². The second-order valence-corrected chi connectivity index (χ2v) is 5.69. The lowest BCUT2D eigenvalue weighted by atomic mass is 9.97.